The summed E-state index contributed by atoms with van der Waals surface area (Å²) in [5.74, 6) is -0.471. The first-order valence-electron chi connectivity index (χ1n) is 10.9. The van der Waals surface area contributed by atoms with Crippen molar-refractivity contribution in [1.29, 1.82) is 0 Å². The van der Waals surface area contributed by atoms with E-state index in [9.17, 15) is 23.3 Å². The third-order valence-corrected chi connectivity index (χ3v) is 6.67. The van der Waals surface area contributed by atoms with Gasteiger partial charge in [0.2, 0.25) is 15.9 Å². The van der Waals surface area contributed by atoms with E-state index in [0.717, 1.165) is 34.9 Å². The van der Waals surface area contributed by atoms with Gasteiger partial charge in [0.25, 0.3) is 5.69 Å². The fourth-order valence-electron chi connectivity index (χ4n) is 3.70. The summed E-state index contributed by atoms with van der Waals surface area (Å²) >= 11 is 0. The largest absolute Gasteiger partial charge is 0.372 e. The van der Waals surface area contributed by atoms with Crippen LogP contribution in [0, 0.1) is 17.0 Å². The highest BCUT2D eigenvalue weighted by Crippen LogP contribution is 2.30. The molecular formula is C23H32N4O5S. The maximum atomic E-state index is 13.0. The summed E-state index contributed by atoms with van der Waals surface area (Å²) in [6.45, 7) is 9.54. The first kappa shape index (κ1) is 26.1. The summed E-state index contributed by atoms with van der Waals surface area (Å²) in [6.07, 6.45) is 1.19. The van der Waals surface area contributed by atoms with E-state index in [-0.39, 0.29) is 24.3 Å². The molecule has 0 heterocycles. The molecule has 0 saturated carbocycles. The molecule has 33 heavy (non-hydrogen) atoms. The Hall–Kier alpha value is -3.14. The number of nitro benzene ring substituents is 1. The van der Waals surface area contributed by atoms with E-state index in [1.807, 2.05) is 24.3 Å². The number of anilines is 2. The minimum absolute atomic E-state index is 0.122. The minimum Gasteiger partial charge on any atom is -0.372 e. The molecule has 180 valence electrons. The Kier molecular flexibility index (Phi) is 8.81. The molecule has 0 saturated heterocycles. The van der Waals surface area contributed by atoms with Crippen LogP contribution in [-0.2, 0) is 21.4 Å². The van der Waals surface area contributed by atoms with Crippen LogP contribution in [0.15, 0.2) is 42.5 Å². The predicted molar refractivity (Wildman–Crippen MR) is 131 cm³/mol. The average Bonchev–Trinajstić information content (AvgIpc) is 2.77. The van der Waals surface area contributed by atoms with Gasteiger partial charge in [-0.3, -0.25) is 19.2 Å². The summed E-state index contributed by atoms with van der Waals surface area (Å²) in [4.78, 5) is 25.9. The number of non-ortho nitro benzene ring substituents is 1. The number of benzene rings is 2. The Balaban J connectivity index is 2.28. The number of hydrogen-bond donors (Lipinski definition) is 1. The molecule has 0 spiro atoms. The fourth-order valence-corrected chi connectivity index (χ4v) is 4.97. The fraction of sp³-hybridized carbons (Fsp3) is 0.435. The molecule has 1 N–H and O–H groups in total. The average molecular weight is 477 g/mol. The number of sulfonamides is 1. The van der Waals surface area contributed by atoms with Gasteiger partial charge in [0, 0.05) is 37.5 Å². The summed E-state index contributed by atoms with van der Waals surface area (Å²) in [5.41, 5.74) is 2.37. The van der Waals surface area contributed by atoms with Crippen LogP contribution in [0.2, 0.25) is 0 Å². The van der Waals surface area contributed by atoms with Gasteiger partial charge in [0.05, 0.1) is 16.9 Å². The van der Waals surface area contributed by atoms with Gasteiger partial charge in [-0.25, -0.2) is 8.42 Å². The molecule has 0 radical (unpaired) electrons. The summed E-state index contributed by atoms with van der Waals surface area (Å²) in [5, 5.41) is 14.0. The first-order chi connectivity index (χ1) is 15.5. The Bertz CT molecular complexity index is 1080. The number of nitro groups is 1. The molecule has 0 aliphatic rings. The third-order valence-electron chi connectivity index (χ3n) is 5.50. The Morgan fingerprint density at radius 2 is 1.70 bits per heavy atom. The number of nitrogens with zero attached hydrogens (tertiary/aromatic N) is 3. The van der Waals surface area contributed by atoms with Crippen molar-refractivity contribution in [2.24, 2.45) is 0 Å². The third kappa shape index (κ3) is 6.44. The predicted octanol–water partition coefficient (Wildman–Crippen LogP) is 3.61. The van der Waals surface area contributed by atoms with Crippen molar-refractivity contribution in [3.8, 4) is 0 Å². The molecule has 1 amide bonds. The van der Waals surface area contributed by atoms with E-state index in [2.05, 4.69) is 24.1 Å². The number of hydrogen-bond acceptors (Lipinski definition) is 6. The van der Waals surface area contributed by atoms with Gasteiger partial charge >= 0.3 is 0 Å². The Labute approximate surface area is 195 Å². The van der Waals surface area contributed by atoms with Crippen molar-refractivity contribution in [1.82, 2.24) is 5.32 Å². The van der Waals surface area contributed by atoms with Crippen molar-refractivity contribution in [2.75, 3.05) is 28.6 Å². The van der Waals surface area contributed by atoms with Gasteiger partial charge in [0.1, 0.15) is 6.04 Å². The second-order valence-electron chi connectivity index (χ2n) is 7.77. The second-order valence-corrected chi connectivity index (χ2v) is 9.63. The van der Waals surface area contributed by atoms with E-state index in [0.29, 0.717) is 5.56 Å². The van der Waals surface area contributed by atoms with Crippen LogP contribution in [0.1, 0.15) is 38.3 Å². The molecule has 2 aromatic rings. The van der Waals surface area contributed by atoms with E-state index in [1.165, 1.54) is 18.2 Å². The van der Waals surface area contributed by atoms with E-state index in [4.69, 9.17) is 0 Å². The van der Waals surface area contributed by atoms with Gasteiger partial charge in [0.15, 0.2) is 0 Å². The van der Waals surface area contributed by atoms with Crippen molar-refractivity contribution in [3.05, 3.63) is 63.7 Å². The summed E-state index contributed by atoms with van der Waals surface area (Å²) < 4.78 is 26.3. The Morgan fingerprint density at radius 1 is 1.09 bits per heavy atom. The molecule has 0 aromatic heterocycles. The van der Waals surface area contributed by atoms with Crippen LogP contribution < -0.4 is 14.5 Å². The van der Waals surface area contributed by atoms with Crippen LogP contribution in [0.3, 0.4) is 0 Å². The van der Waals surface area contributed by atoms with Gasteiger partial charge in [-0.05, 0) is 50.5 Å². The molecular weight excluding hydrogens is 444 g/mol. The first-order valence-corrected chi connectivity index (χ1v) is 12.7. The number of carbonyl (C=O) groups excluding carboxylic acids is 1. The lowest BCUT2D eigenvalue weighted by atomic mass is 10.1. The van der Waals surface area contributed by atoms with E-state index in [1.54, 1.807) is 13.8 Å². The SMILES string of the molecule is CC[C@@H](C(=O)NCc1ccc(N(CC)CC)cc1)N(c1cc([N+](=O)[O-])ccc1C)S(C)(=O)=O. The van der Waals surface area contributed by atoms with Crippen molar-refractivity contribution in [2.45, 2.75) is 46.7 Å². The van der Waals surface area contributed by atoms with Crippen molar-refractivity contribution < 1.29 is 18.1 Å². The minimum atomic E-state index is -3.90. The molecule has 0 unspecified atom stereocenters. The van der Waals surface area contributed by atoms with Crippen LogP contribution in [-0.4, -0.2) is 44.6 Å². The number of amides is 1. The van der Waals surface area contributed by atoms with E-state index >= 15 is 0 Å². The molecule has 9 nitrogen and oxygen atoms in total. The molecule has 0 bridgehead atoms. The molecule has 2 aromatic carbocycles. The number of nitrogens with one attached hydrogen (secondary N) is 1. The van der Waals surface area contributed by atoms with Crippen LogP contribution >= 0.6 is 0 Å². The number of rotatable bonds is 11. The zero-order chi connectivity index (χ0) is 24.8. The summed E-state index contributed by atoms with van der Waals surface area (Å²) in [6, 6.07) is 10.8. The number of carbonyl (C=O) groups is 1. The highest BCUT2D eigenvalue weighted by Gasteiger charge is 2.33. The van der Waals surface area contributed by atoms with Gasteiger partial charge < -0.3 is 10.2 Å². The smallest absolute Gasteiger partial charge is 0.271 e. The molecule has 0 fully saturated rings. The zero-order valence-corrected chi connectivity index (χ0v) is 20.6. The van der Waals surface area contributed by atoms with Gasteiger partial charge in [-0.15, -0.1) is 0 Å². The standard InChI is InChI=1S/C23H32N4O5S/c1-6-21(23(28)24-16-18-10-13-19(14-11-18)25(7-2)8-3)26(33(5,31)32)22-15-20(27(29)30)12-9-17(22)4/h9-15,21H,6-8,16H2,1-5H3,(H,24,28)/t21-/m0/s1. The molecule has 1 atom stereocenters. The van der Waals surface area contributed by atoms with Crippen LogP contribution in [0.4, 0.5) is 17.1 Å². The van der Waals surface area contributed by atoms with Crippen LogP contribution in [0.5, 0.6) is 0 Å². The summed E-state index contributed by atoms with van der Waals surface area (Å²) in [7, 11) is -3.90. The lowest BCUT2D eigenvalue weighted by Crippen LogP contribution is -2.49. The highest BCUT2D eigenvalue weighted by molar-refractivity contribution is 7.92. The van der Waals surface area contributed by atoms with Crippen molar-refractivity contribution >= 4 is 33.0 Å². The molecule has 2 rings (SSSR count). The van der Waals surface area contributed by atoms with Crippen LogP contribution in [0.25, 0.3) is 0 Å². The Morgan fingerprint density at radius 3 is 2.18 bits per heavy atom. The number of aryl methyl sites for hydroxylation is 1. The topological polar surface area (TPSA) is 113 Å². The molecule has 0 aliphatic carbocycles. The van der Waals surface area contributed by atoms with Gasteiger partial charge in [-0.2, -0.15) is 0 Å². The maximum Gasteiger partial charge on any atom is 0.271 e. The van der Waals surface area contributed by atoms with E-state index < -0.39 is 26.9 Å². The highest BCUT2D eigenvalue weighted by atomic mass is 32.2. The lowest BCUT2D eigenvalue weighted by Gasteiger charge is -2.31. The van der Waals surface area contributed by atoms with Crippen molar-refractivity contribution in [3.63, 3.8) is 0 Å². The zero-order valence-electron chi connectivity index (χ0n) is 19.7. The molecule has 10 heteroatoms. The quantitative estimate of drug-likeness (QED) is 0.392. The second kappa shape index (κ2) is 11.1. The monoisotopic (exact) mass is 476 g/mol. The normalized spacial score (nSPS) is 12.2. The lowest BCUT2D eigenvalue weighted by molar-refractivity contribution is -0.384. The van der Waals surface area contributed by atoms with Gasteiger partial charge in [-0.1, -0.05) is 25.1 Å². The molecule has 0 aliphatic heterocycles. The maximum absolute atomic E-state index is 13.0.